The second-order valence-electron chi connectivity index (χ2n) is 4.15. The molecule has 2 rings (SSSR count). The van der Waals surface area contributed by atoms with Gasteiger partial charge in [-0.05, 0) is 18.9 Å². The largest absolute Gasteiger partial charge is 0.361 e. The average Bonchev–Trinajstić information content (AvgIpc) is 2.72. The van der Waals surface area contributed by atoms with Crippen LogP contribution in [0.15, 0.2) is 30.3 Å². The minimum Gasteiger partial charge on any atom is -0.361 e. The van der Waals surface area contributed by atoms with Crippen LogP contribution in [0.4, 0.5) is 5.13 Å². The van der Waals surface area contributed by atoms with E-state index in [4.69, 9.17) is 0 Å². The van der Waals surface area contributed by atoms with Crippen LogP contribution >= 0.6 is 11.3 Å². The summed E-state index contributed by atoms with van der Waals surface area (Å²) in [5.74, 6) is 0.0844. The molecule has 3 nitrogen and oxygen atoms in total. The van der Waals surface area contributed by atoms with E-state index in [2.05, 4.69) is 22.4 Å². The number of thiazole rings is 1. The Morgan fingerprint density at radius 3 is 2.67 bits per heavy atom. The fourth-order valence-electron chi connectivity index (χ4n) is 1.76. The fraction of sp³-hybridized carbons (Fsp3) is 0.286. The quantitative estimate of drug-likeness (QED) is 0.839. The lowest BCUT2D eigenvalue weighted by Crippen LogP contribution is -2.04. The first kappa shape index (κ1) is 12.8. The maximum atomic E-state index is 11.3. The lowest BCUT2D eigenvalue weighted by atomic mass is 10.2. The van der Waals surface area contributed by atoms with Crippen molar-refractivity contribution in [1.29, 1.82) is 0 Å². The van der Waals surface area contributed by atoms with Crippen LogP contribution in [0.5, 0.6) is 0 Å². The van der Waals surface area contributed by atoms with Crippen LogP contribution in [0, 0.1) is 6.92 Å². The van der Waals surface area contributed by atoms with Gasteiger partial charge in [0, 0.05) is 13.5 Å². The van der Waals surface area contributed by atoms with E-state index in [-0.39, 0.29) is 5.78 Å². The molecule has 2 aromatic rings. The molecule has 0 aliphatic carbocycles. The van der Waals surface area contributed by atoms with E-state index in [0.29, 0.717) is 0 Å². The Hall–Kier alpha value is -1.68. The molecular weight excluding hydrogens is 244 g/mol. The van der Waals surface area contributed by atoms with Gasteiger partial charge in [0.1, 0.15) is 0 Å². The van der Waals surface area contributed by atoms with Gasteiger partial charge in [0.05, 0.1) is 10.6 Å². The van der Waals surface area contributed by atoms with Crippen LogP contribution < -0.4 is 5.32 Å². The molecule has 1 aromatic heterocycles. The third kappa shape index (κ3) is 3.17. The summed E-state index contributed by atoms with van der Waals surface area (Å²) >= 11 is 1.43. The Labute approximate surface area is 111 Å². The summed E-state index contributed by atoms with van der Waals surface area (Å²) < 4.78 is 0. The topological polar surface area (TPSA) is 42.0 Å². The molecule has 0 radical (unpaired) electrons. The van der Waals surface area contributed by atoms with Crippen molar-refractivity contribution in [2.45, 2.75) is 20.3 Å². The van der Waals surface area contributed by atoms with Gasteiger partial charge in [-0.3, -0.25) is 4.79 Å². The van der Waals surface area contributed by atoms with E-state index in [1.807, 2.05) is 25.1 Å². The molecular formula is C14H16N2OS. The van der Waals surface area contributed by atoms with E-state index in [0.717, 1.165) is 28.7 Å². The summed E-state index contributed by atoms with van der Waals surface area (Å²) in [6.07, 6.45) is 0.953. The first-order chi connectivity index (χ1) is 8.66. The molecule has 0 spiro atoms. The zero-order chi connectivity index (χ0) is 13.0. The van der Waals surface area contributed by atoms with E-state index >= 15 is 0 Å². The predicted molar refractivity (Wildman–Crippen MR) is 75.5 cm³/mol. The van der Waals surface area contributed by atoms with Crippen LogP contribution in [-0.4, -0.2) is 17.3 Å². The highest BCUT2D eigenvalue weighted by atomic mass is 32.1. The highest BCUT2D eigenvalue weighted by molar-refractivity contribution is 7.17. The minimum absolute atomic E-state index is 0.0844. The smallest absolute Gasteiger partial charge is 0.183 e. The van der Waals surface area contributed by atoms with E-state index in [1.54, 1.807) is 6.92 Å². The summed E-state index contributed by atoms with van der Waals surface area (Å²) in [5.41, 5.74) is 2.11. The molecule has 0 saturated heterocycles. The fourth-order valence-corrected chi connectivity index (χ4v) is 2.64. The van der Waals surface area contributed by atoms with Crippen LogP contribution in [0.2, 0.25) is 0 Å². The second-order valence-corrected chi connectivity index (χ2v) is 5.15. The van der Waals surface area contributed by atoms with Crippen LogP contribution in [0.1, 0.15) is 27.9 Å². The first-order valence-electron chi connectivity index (χ1n) is 5.93. The highest BCUT2D eigenvalue weighted by Crippen LogP contribution is 2.22. The molecule has 0 aliphatic heterocycles. The summed E-state index contributed by atoms with van der Waals surface area (Å²) in [6, 6.07) is 10.3. The van der Waals surface area contributed by atoms with Crippen molar-refractivity contribution < 1.29 is 4.79 Å². The average molecular weight is 260 g/mol. The molecule has 1 aromatic carbocycles. The van der Waals surface area contributed by atoms with Crippen molar-refractivity contribution >= 4 is 22.3 Å². The Balaban J connectivity index is 1.91. The van der Waals surface area contributed by atoms with Crippen molar-refractivity contribution in [3.05, 3.63) is 46.5 Å². The van der Waals surface area contributed by atoms with Crippen molar-refractivity contribution in [1.82, 2.24) is 4.98 Å². The van der Waals surface area contributed by atoms with Gasteiger partial charge in [-0.2, -0.15) is 0 Å². The highest BCUT2D eigenvalue weighted by Gasteiger charge is 2.10. The van der Waals surface area contributed by atoms with Gasteiger partial charge in [0.15, 0.2) is 10.9 Å². The van der Waals surface area contributed by atoms with Gasteiger partial charge in [0.2, 0.25) is 0 Å². The predicted octanol–water partition coefficient (Wildman–Crippen LogP) is 3.31. The van der Waals surface area contributed by atoms with Crippen LogP contribution in [0.25, 0.3) is 0 Å². The van der Waals surface area contributed by atoms with Gasteiger partial charge in [0.25, 0.3) is 0 Å². The number of ketones is 1. The van der Waals surface area contributed by atoms with Crippen molar-refractivity contribution in [3.8, 4) is 0 Å². The number of nitrogens with one attached hydrogen (secondary N) is 1. The number of carbonyl (C=O) groups excluding carboxylic acids is 1. The molecule has 0 saturated carbocycles. The Kier molecular flexibility index (Phi) is 4.10. The number of carbonyl (C=O) groups is 1. The Morgan fingerprint density at radius 2 is 2.06 bits per heavy atom. The van der Waals surface area contributed by atoms with Gasteiger partial charge in [-0.1, -0.05) is 41.7 Å². The molecule has 94 valence electrons. The Bertz CT molecular complexity index is 534. The maximum absolute atomic E-state index is 11.3. The number of anilines is 1. The molecule has 18 heavy (non-hydrogen) atoms. The number of nitrogens with zero attached hydrogens (tertiary/aromatic N) is 1. The van der Waals surface area contributed by atoms with Gasteiger partial charge in [-0.15, -0.1) is 0 Å². The first-order valence-corrected chi connectivity index (χ1v) is 6.74. The monoisotopic (exact) mass is 260 g/mol. The third-order valence-electron chi connectivity index (χ3n) is 2.65. The zero-order valence-corrected chi connectivity index (χ0v) is 11.4. The van der Waals surface area contributed by atoms with Crippen LogP contribution in [-0.2, 0) is 6.42 Å². The normalized spacial score (nSPS) is 10.3. The number of aryl methyl sites for hydroxylation is 1. The standard InChI is InChI=1S/C14H16N2OS/c1-10-13(11(2)17)18-14(16-10)15-9-8-12-6-4-3-5-7-12/h3-7H,8-9H2,1-2H3,(H,15,16). The number of aromatic nitrogens is 1. The molecule has 1 heterocycles. The minimum atomic E-state index is 0.0844. The van der Waals surface area contributed by atoms with E-state index < -0.39 is 0 Å². The summed E-state index contributed by atoms with van der Waals surface area (Å²) in [4.78, 5) is 16.4. The third-order valence-corrected chi connectivity index (χ3v) is 3.87. The van der Waals surface area contributed by atoms with E-state index in [9.17, 15) is 4.79 Å². The van der Waals surface area contributed by atoms with Gasteiger partial charge >= 0.3 is 0 Å². The summed E-state index contributed by atoms with van der Waals surface area (Å²) in [6.45, 7) is 4.28. The van der Waals surface area contributed by atoms with E-state index in [1.165, 1.54) is 16.9 Å². The Morgan fingerprint density at radius 1 is 1.33 bits per heavy atom. The number of hydrogen-bond acceptors (Lipinski definition) is 4. The molecule has 4 heteroatoms. The summed E-state index contributed by atoms with van der Waals surface area (Å²) in [5, 5.41) is 4.09. The van der Waals surface area contributed by atoms with Gasteiger partial charge < -0.3 is 5.32 Å². The maximum Gasteiger partial charge on any atom is 0.183 e. The molecule has 0 atom stereocenters. The summed E-state index contributed by atoms with van der Waals surface area (Å²) in [7, 11) is 0. The zero-order valence-electron chi connectivity index (χ0n) is 10.6. The molecule has 0 bridgehead atoms. The van der Waals surface area contributed by atoms with Crippen molar-refractivity contribution in [2.24, 2.45) is 0 Å². The molecule has 0 amide bonds. The number of rotatable bonds is 5. The van der Waals surface area contributed by atoms with Gasteiger partial charge in [-0.25, -0.2) is 4.98 Å². The number of Topliss-reactive ketones (excluding diaryl/α,β-unsaturated/α-hetero) is 1. The lowest BCUT2D eigenvalue weighted by Gasteiger charge is -2.02. The van der Waals surface area contributed by atoms with Crippen molar-refractivity contribution in [3.63, 3.8) is 0 Å². The van der Waals surface area contributed by atoms with Crippen molar-refractivity contribution in [2.75, 3.05) is 11.9 Å². The SMILES string of the molecule is CC(=O)c1sc(NCCc2ccccc2)nc1C. The lowest BCUT2D eigenvalue weighted by molar-refractivity contribution is 0.102. The molecule has 0 aliphatic rings. The molecule has 0 unspecified atom stereocenters. The molecule has 0 fully saturated rings. The number of benzene rings is 1. The second kappa shape index (κ2) is 5.78. The molecule has 1 N–H and O–H groups in total. The number of hydrogen-bond donors (Lipinski definition) is 1. The van der Waals surface area contributed by atoms with Crippen LogP contribution in [0.3, 0.4) is 0 Å².